The quantitative estimate of drug-likeness (QED) is 0.637. The van der Waals surface area contributed by atoms with E-state index in [0.29, 0.717) is 0 Å². The van der Waals surface area contributed by atoms with Gasteiger partial charge in [0.05, 0.1) is 11.4 Å². The van der Waals surface area contributed by atoms with Gasteiger partial charge in [-0.1, -0.05) is 50.6 Å². The van der Waals surface area contributed by atoms with Gasteiger partial charge in [-0.3, -0.25) is 0 Å². The Morgan fingerprint density at radius 2 is 1.95 bits per heavy atom. The van der Waals surface area contributed by atoms with Crippen molar-refractivity contribution in [3.05, 3.63) is 41.7 Å². The van der Waals surface area contributed by atoms with Gasteiger partial charge >= 0.3 is 0 Å². The van der Waals surface area contributed by atoms with Crippen molar-refractivity contribution in [2.24, 2.45) is 0 Å². The zero-order valence-corrected chi connectivity index (χ0v) is 13.4. The summed E-state index contributed by atoms with van der Waals surface area (Å²) < 4.78 is 1.86. The summed E-state index contributed by atoms with van der Waals surface area (Å²) in [6.45, 7) is 3.22. The van der Waals surface area contributed by atoms with Gasteiger partial charge in [-0.05, 0) is 30.7 Å². The van der Waals surface area contributed by atoms with Gasteiger partial charge < -0.3 is 5.32 Å². The monoisotopic (exact) mass is 305 g/mol. The van der Waals surface area contributed by atoms with Crippen molar-refractivity contribution in [1.82, 2.24) is 9.78 Å². The molecule has 3 nitrogen and oxygen atoms in total. The van der Waals surface area contributed by atoms with E-state index in [9.17, 15) is 0 Å². The number of nitrogens with one attached hydrogen (secondary N) is 1. The van der Waals surface area contributed by atoms with Crippen LogP contribution in [0, 0.1) is 0 Å². The molecule has 0 aliphatic rings. The van der Waals surface area contributed by atoms with Crippen LogP contribution in [0.2, 0.25) is 5.02 Å². The SMILES string of the molecule is CCCCCCCCNc1cc(Cl)ccc1-n1cccn1. The average Bonchev–Trinajstić information content (AvgIpc) is 3.00. The Hall–Kier alpha value is -1.48. The van der Waals surface area contributed by atoms with Crippen molar-refractivity contribution in [3.63, 3.8) is 0 Å². The van der Waals surface area contributed by atoms with Gasteiger partial charge in [0.1, 0.15) is 0 Å². The highest BCUT2D eigenvalue weighted by molar-refractivity contribution is 6.31. The largest absolute Gasteiger partial charge is 0.383 e. The standard InChI is InChI=1S/C17H24ClN3/c1-2-3-4-5-6-7-11-19-16-14-15(18)9-10-17(16)21-13-8-12-20-21/h8-10,12-14,19H,2-7,11H2,1H3. The van der Waals surface area contributed by atoms with Gasteiger partial charge in [-0.2, -0.15) is 5.10 Å². The van der Waals surface area contributed by atoms with Gasteiger partial charge in [0.2, 0.25) is 0 Å². The van der Waals surface area contributed by atoms with Crippen molar-refractivity contribution in [1.29, 1.82) is 0 Å². The van der Waals surface area contributed by atoms with E-state index in [1.807, 2.05) is 35.1 Å². The Kier molecular flexibility index (Phi) is 6.61. The van der Waals surface area contributed by atoms with Crippen LogP contribution in [0.3, 0.4) is 0 Å². The van der Waals surface area contributed by atoms with E-state index in [2.05, 4.69) is 17.3 Å². The predicted molar refractivity (Wildman–Crippen MR) is 90.4 cm³/mol. The second-order valence-electron chi connectivity index (χ2n) is 5.31. The molecule has 1 aromatic heterocycles. The number of aromatic nitrogens is 2. The molecule has 0 aliphatic heterocycles. The maximum Gasteiger partial charge on any atom is 0.0877 e. The van der Waals surface area contributed by atoms with E-state index in [-0.39, 0.29) is 0 Å². The fourth-order valence-electron chi connectivity index (χ4n) is 2.39. The van der Waals surface area contributed by atoms with Gasteiger partial charge in [0, 0.05) is 24.0 Å². The molecule has 0 atom stereocenters. The Balaban J connectivity index is 1.86. The molecule has 1 aromatic carbocycles. The molecule has 0 amide bonds. The summed E-state index contributed by atoms with van der Waals surface area (Å²) in [5, 5.41) is 8.52. The smallest absolute Gasteiger partial charge is 0.0877 e. The molecule has 0 spiro atoms. The lowest BCUT2D eigenvalue weighted by molar-refractivity contribution is 0.617. The first kappa shape index (κ1) is 15.9. The maximum atomic E-state index is 6.11. The highest BCUT2D eigenvalue weighted by Gasteiger charge is 2.05. The molecule has 0 radical (unpaired) electrons. The zero-order valence-electron chi connectivity index (χ0n) is 12.7. The van der Waals surface area contributed by atoms with Crippen molar-refractivity contribution >= 4 is 17.3 Å². The number of nitrogens with zero attached hydrogens (tertiary/aromatic N) is 2. The van der Waals surface area contributed by atoms with Crippen LogP contribution in [0.5, 0.6) is 0 Å². The van der Waals surface area contributed by atoms with Crippen LogP contribution in [0.1, 0.15) is 45.4 Å². The van der Waals surface area contributed by atoms with E-state index in [1.54, 1.807) is 6.20 Å². The molecule has 2 rings (SSSR count). The summed E-state index contributed by atoms with van der Waals surface area (Å²) in [7, 11) is 0. The summed E-state index contributed by atoms with van der Waals surface area (Å²) in [5.74, 6) is 0. The van der Waals surface area contributed by atoms with E-state index in [1.165, 1.54) is 38.5 Å². The summed E-state index contributed by atoms with van der Waals surface area (Å²) >= 11 is 6.11. The number of rotatable bonds is 9. The minimum Gasteiger partial charge on any atom is -0.383 e. The molecule has 2 aromatic rings. The van der Waals surface area contributed by atoms with Crippen molar-refractivity contribution in [2.45, 2.75) is 45.4 Å². The minimum atomic E-state index is 0.747. The molecule has 0 bridgehead atoms. The Morgan fingerprint density at radius 3 is 2.71 bits per heavy atom. The van der Waals surface area contributed by atoms with Crippen LogP contribution >= 0.6 is 11.6 Å². The minimum absolute atomic E-state index is 0.747. The second kappa shape index (κ2) is 8.73. The van der Waals surface area contributed by atoms with Crippen LogP contribution in [0.15, 0.2) is 36.7 Å². The molecule has 0 unspecified atom stereocenters. The van der Waals surface area contributed by atoms with Crippen molar-refractivity contribution < 1.29 is 0 Å². The summed E-state index contributed by atoms with van der Waals surface area (Å²) in [6, 6.07) is 7.79. The molecule has 4 heteroatoms. The van der Waals surface area contributed by atoms with Crippen LogP contribution in [-0.4, -0.2) is 16.3 Å². The summed E-state index contributed by atoms with van der Waals surface area (Å²) in [5.41, 5.74) is 2.08. The van der Waals surface area contributed by atoms with E-state index in [4.69, 9.17) is 11.6 Å². The summed E-state index contributed by atoms with van der Waals surface area (Å²) in [4.78, 5) is 0. The van der Waals surface area contributed by atoms with Gasteiger partial charge in [-0.25, -0.2) is 4.68 Å². The van der Waals surface area contributed by atoms with Gasteiger partial charge in [0.25, 0.3) is 0 Å². The molecule has 114 valence electrons. The first-order valence-corrected chi connectivity index (χ1v) is 8.22. The van der Waals surface area contributed by atoms with Gasteiger partial charge in [0.15, 0.2) is 0 Å². The van der Waals surface area contributed by atoms with Crippen LogP contribution in [-0.2, 0) is 0 Å². The normalized spacial score (nSPS) is 10.8. The van der Waals surface area contributed by atoms with Crippen molar-refractivity contribution in [2.75, 3.05) is 11.9 Å². The predicted octanol–water partition coefficient (Wildman–Crippen LogP) is 5.30. The molecule has 21 heavy (non-hydrogen) atoms. The molecule has 0 fully saturated rings. The fourth-order valence-corrected chi connectivity index (χ4v) is 2.56. The maximum absolute atomic E-state index is 6.11. The molecular formula is C17H24ClN3. The lowest BCUT2D eigenvalue weighted by atomic mass is 10.1. The zero-order chi connectivity index (χ0) is 14.9. The molecular weight excluding hydrogens is 282 g/mol. The van der Waals surface area contributed by atoms with Gasteiger partial charge in [-0.15, -0.1) is 0 Å². The third-order valence-electron chi connectivity index (χ3n) is 3.56. The topological polar surface area (TPSA) is 29.9 Å². The van der Waals surface area contributed by atoms with Crippen LogP contribution < -0.4 is 5.32 Å². The Labute approximate surface area is 132 Å². The van der Waals surface area contributed by atoms with Crippen molar-refractivity contribution in [3.8, 4) is 5.69 Å². The highest BCUT2D eigenvalue weighted by atomic mass is 35.5. The Bertz CT molecular complexity index is 523. The number of halogens is 1. The van der Waals surface area contributed by atoms with E-state index < -0.39 is 0 Å². The van der Waals surface area contributed by atoms with Crippen LogP contribution in [0.25, 0.3) is 5.69 Å². The van der Waals surface area contributed by atoms with E-state index in [0.717, 1.165) is 22.9 Å². The second-order valence-corrected chi connectivity index (χ2v) is 5.74. The van der Waals surface area contributed by atoms with Crippen LogP contribution in [0.4, 0.5) is 5.69 Å². The summed E-state index contributed by atoms with van der Waals surface area (Å²) in [6.07, 6.45) is 11.5. The number of benzene rings is 1. The molecule has 0 saturated carbocycles. The first-order valence-electron chi connectivity index (χ1n) is 7.84. The average molecular weight is 306 g/mol. The third kappa shape index (κ3) is 5.09. The first-order chi connectivity index (χ1) is 10.3. The molecule has 0 aliphatic carbocycles. The third-order valence-corrected chi connectivity index (χ3v) is 3.79. The Morgan fingerprint density at radius 1 is 1.14 bits per heavy atom. The highest BCUT2D eigenvalue weighted by Crippen LogP contribution is 2.24. The number of unbranched alkanes of at least 4 members (excludes halogenated alkanes) is 5. The fraction of sp³-hybridized carbons (Fsp3) is 0.471. The lowest BCUT2D eigenvalue weighted by Gasteiger charge is -2.12. The molecule has 1 N–H and O–H groups in total. The number of hydrogen-bond acceptors (Lipinski definition) is 2. The molecule has 0 saturated heterocycles. The number of anilines is 1. The lowest BCUT2D eigenvalue weighted by Crippen LogP contribution is -2.06. The molecule has 1 heterocycles. The van der Waals surface area contributed by atoms with E-state index >= 15 is 0 Å². The number of hydrogen-bond donors (Lipinski definition) is 1.